The van der Waals surface area contributed by atoms with Crippen LogP contribution in [-0.4, -0.2) is 10.2 Å². The zero-order valence-electron chi connectivity index (χ0n) is 9.11. The molecular formula is C12H12ClNS2. The minimum absolute atomic E-state index is 0.593. The molecule has 0 aliphatic rings. The Hall–Kier alpha value is -0.510. The smallest absolute Gasteiger partial charge is 0.184 e. The number of halogens is 1. The maximum absolute atomic E-state index is 5.81. The number of nitrogens with zero attached hydrogens (tertiary/aromatic N) is 1. The number of rotatable bonds is 3. The van der Waals surface area contributed by atoms with Crippen LogP contribution < -0.4 is 0 Å². The van der Waals surface area contributed by atoms with Gasteiger partial charge in [-0.15, -0.1) is 23.1 Å². The molecule has 1 aromatic heterocycles. The molecule has 84 valence electrons. The highest BCUT2D eigenvalue weighted by Crippen LogP contribution is 2.28. The van der Waals surface area contributed by atoms with Gasteiger partial charge in [0, 0.05) is 21.1 Å². The van der Waals surface area contributed by atoms with E-state index in [1.165, 1.54) is 16.2 Å². The van der Waals surface area contributed by atoms with Crippen molar-refractivity contribution in [1.29, 1.82) is 0 Å². The summed E-state index contributed by atoms with van der Waals surface area (Å²) in [5, 5.41) is 2.59. The molecule has 0 radical (unpaired) electrons. The maximum atomic E-state index is 5.81. The molecule has 0 spiro atoms. The topological polar surface area (TPSA) is 12.9 Å². The summed E-state index contributed by atoms with van der Waals surface area (Å²) < 4.78 is 0.593. The fourth-order valence-electron chi connectivity index (χ4n) is 1.36. The average molecular weight is 270 g/mol. The Morgan fingerprint density at radius 3 is 2.44 bits per heavy atom. The molecule has 0 atom stereocenters. The van der Waals surface area contributed by atoms with Gasteiger partial charge in [0.2, 0.25) is 0 Å². The van der Waals surface area contributed by atoms with Crippen LogP contribution in [0.15, 0.2) is 34.5 Å². The van der Waals surface area contributed by atoms with Gasteiger partial charge in [-0.2, -0.15) is 0 Å². The van der Waals surface area contributed by atoms with E-state index < -0.39 is 0 Å². The molecule has 2 aromatic rings. The Morgan fingerprint density at radius 1 is 1.25 bits per heavy atom. The van der Waals surface area contributed by atoms with Crippen molar-refractivity contribution in [1.82, 2.24) is 4.98 Å². The Balaban J connectivity index is 2.19. The van der Waals surface area contributed by atoms with Crippen molar-refractivity contribution < 1.29 is 0 Å². The minimum atomic E-state index is 0.593. The van der Waals surface area contributed by atoms with Gasteiger partial charge in [-0.05, 0) is 12.1 Å². The van der Waals surface area contributed by atoms with Gasteiger partial charge in [0.1, 0.15) is 0 Å². The van der Waals surface area contributed by atoms with Gasteiger partial charge in [0.25, 0.3) is 0 Å². The molecule has 1 heterocycles. The van der Waals surface area contributed by atoms with Crippen LogP contribution in [0.4, 0.5) is 0 Å². The van der Waals surface area contributed by atoms with Crippen LogP contribution in [0.3, 0.4) is 0 Å². The number of aromatic nitrogens is 1. The van der Waals surface area contributed by atoms with Crippen molar-refractivity contribution in [2.75, 3.05) is 0 Å². The van der Waals surface area contributed by atoms with Crippen LogP contribution in [0.25, 0.3) is 11.3 Å². The monoisotopic (exact) mass is 269 g/mol. The zero-order valence-corrected chi connectivity index (χ0v) is 11.5. The fraction of sp³-hybridized carbons (Fsp3) is 0.250. The van der Waals surface area contributed by atoms with Crippen LogP contribution >= 0.6 is 34.7 Å². The molecule has 16 heavy (non-hydrogen) atoms. The van der Waals surface area contributed by atoms with Crippen LogP contribution in [0, 0.1) is 0 Å². The average Bonchev–Trinajstić information content (AvgIpc) is 2.65. The normalized spacial score (nSPS) is 11.0. The summed E-state index contributed by atoms with van der Waals surface area (Å²) in [6, 6.07) is 8.45. The van der Waals surface area contributed by atoms with Crippen molar-refractivity contribution in [2.24, 2.45) is 0 Å². The van der Waals surface area contributed by atoms with E-state index in [0.29, 0.717) is 9.72 Å². The predicted octanol–water partition coefficient (Wildman–Crippen LogP) is 4.96. The van der Waals surface area contributed by atoms with Crippen LogP contribution in [0.2, 0.25) is 4.47 Å². The molecular weight excluding hydrogens is 258 g/mol. The van der Waals surface area contributed by atoms with Gasteiger partial charge < -0.3 is 0 Å². The molecule has 0 aliphatic heterocycles. The number of hydrogen-bond donors (Lipinski definition) is 0. The number of thioether (sulfide) groups is 1. The summed E-state index contributed by atoms with van der Waals surface area (Å²) in [5.74, 6) is 0. The van der Waals surface area contributed by atoms with E-state index in [9.17, 15) is 0 Å². The first-order chi connectivity index (χ1) is 7.65. The van der Waals surface area contributed by atoms with Crippen molar-refractivity contribution in [2.45, 2.75) is 24.0 Å². The molecule has 4 heteroatoms. The van der Waals surface area contributed by atoms with E-state index in [0.717, 1.165) is 11.3 Å². The molecule has 1 aromatic carbocycles. The standard InChI is InChI=1S/C12H12ClNS2/c1-8(2)16-10-5-3-9(4-6-10)11-7-15-12(13)14-11/h3-8H,1-2H3. The van der Waals surface area contributed by atoms with Crippen LogP contribution in [0.5, 0.6) is 0 Å². The lowest BCUT2D eigenvalue weighted by Gasteiger charge is -2.04. The van der Waals surface area contributed by atoms with Crippen molar-refractivity contribution in [3.05, 3.63) is 34.1 Å². The molecule has 0 saturated carbocycles. The van der Waals surface area contributed by atoms with E-state index >= 15 is 0 Å². The highest BCUT2D eigenvalue weighted by atomic mass is 35.5. The van der Waals surface area contributed by atoms with Crippen LogP contribution in [0.1, 0.15) is 13.8 Å². The third kappa shape index (κ3) is 3.00. The van der Waals surface area contributed by atoms with Crippen LogP contribution in [-0.2, 0) is 0 Å². The summed E-state index contributed by atoms with van der Waals surface area (Å²) in [6.45, 7) is 4.39. The summed E-state index contributed by atoms with van der Waals surface area (Å²) >= 11 is 9.14. The Morgan fingerprint density at radius 2 is 1.94 bits per heavy atom. The van der Waals surface area contributed by atoms with Gasteiger partial charge in [-0.1, -0.05) is 37.6 Å². The lowest BCUT2D eigenvalue weighted by atomic mass is 10.2. The SMILES string of the molecule is CC(C)Sc1ccc(-c2csc(Cl)n2)cc1. The summed E-state index contributed by atoms with van der Waals surface area (Å²) in [5.41, 5.74) is 2.08. The van der Waals surface area contributed by atoms with Gasteiger partial charge in [0.15, 0.2) is 4.47 Å². The minimum Gasteiger partial charge on any atom is -0.225 e. The first kappa shape index (κ1) is 12.0. The van der Waals surface area contributed by atoms with E-state index in [1.807, 2.05) is 17.1 Å². The predicted molar refractivity (Wildman–Crippen MR) is 73.6 cm³/mol. The molecule has 0 saturated heterocycles. The van der Waals surface area contributed by atoms with Gasteiger partial charge in [-0.25, -0.2) is 4.98 Å². The molecule has 1 nitrogen and oxygen atoms in total. The second-order valence-corrected chi connectivity index (χ2v) is 6.77. The van der Waals surface area contributed by atoms with E-state index in [4.69, 9.17) is 11.6 Å². The molecule has 0 aliphatic carbocycles. The quantitative estimate of drug-likeness (QED) is 0.730. The molecule has 0 bridgehead atoms. The fourth-order valence-corrected chi connectivity index (χ4v) is 2.97. The van der Waals surface area contributed by atoms with Crippen molar-refractivity contribution in [3.63, 3.8) is 0 Å². The second-order valence-electron chi connectivity index (χ2n) is 3.68. The van der Waals surface area contributed by atoms with Crippen molar-refractivity contribution >= 4 is 34.7 Å². The van der Waals surface area contributed by atoms with Crippen molar-refractivity contribution in [3.8, 4) is 11.3 Å². The number of hydrogen-bond acceptors (Lipinski definition) is 3. The Kier molecular flexibility index (Phi) is 3.90. The molecule has 0 amide bonds. The zero-order chi connectivity index (χ0) is 11.5. The summed E-state index contributed by atoms with van der Waals surface area (Å²) in [7, 11) is 0. The molecule has 0 fully saturated rings. The molecule has 2 rings (SSSR count). The van der Waals surface area contributed by atoms with E-state index in [2.05, 4.69) is 43.1 Å². The van der Waals surface area contributed by atoms with Gasteiger partial charge in [-0.3, -0.25) is 0 Å². The van der Waals surface area contributed by atoms with E-state index in [-0.39, 0.29) is 0 Å². The largest absolute Gasteiger partial charge is 0.225 e. The lowest BCUT2D eigenvalue weighted by Crippen LogP contribution is -1.85. The lowest BCUT2D eigenvalue weighted by molar-refractivity contribution is 1.11. The second kappa shape index (κ2) is 5.21. The first-order valence-corrected chi connectivity index (χ1v) is 7.17. The summed E-state index contributed by atoms with van der Waals surface area (Å²) in [4.78, 5) is 5.54. The Bertz CT molecular complexity index is 462. The molecule has 0 N–H and O–H groups in total. The number of benzene rings is 1. The highest BCUT2D eigenvalue weighted by Gasteiger charge is 2.03. The third-order valence-electron chi connectivity index (χ3n) is 2.00. The number of thiazole rings is 1. The van der Waals surface area contributed by atoms with E-state index in [1.54, 1.807) is 0 Å². The first-order valence-electron chi connectivity index (χ1n) is 5.03. The maximum Gasteiger partial charge on any atom is 0.184 e. The van der Waals surface area contributed by atoms with Gasteiger partial charge in [0.05, 0.1) is 5.69 Å². The third-order valence-corrected chi connectivity index (χ3v) is 3.99. The molecule has 0 unspecified atom stereocenters. The van der Waals surface area contributed by atoms with Gasteiger partial charge >= 0.3 is 0 Å². The Labute approximate surface area is 109 Å². The summed E-state index contributed by atoms with van der Waals surface area (Å²) in [6.07, 6.45) is 0. The highest BCUT2D eigenvalue weighted by molar-refractivity contribution is 7.99.